The van der Waals surface area contributed by atoms with Gasteiger partial charge < -0.3 is 10.6 Å². The summed E-state index contributed by atoms with van der Waals surface area (Å²) in [7, 11) is 0. The van der Waals surface area contributed by atoms with Crippen molar-refractivity contribution >= 4 is 16.7 Å². The van der Waals surface area contributed by atoms with E-state index in [1.165, 1.54) is 0 Å². The van der Waals surface area contributed by atoms with Gasteiger partial charge in [0, 0.05) is 24.5 Å². The number of anilines is 1. The van der Waals surface area contributed by atoms with Crippen molar-refractivity contribution in [2.24, 2.45) is 5.73 Å². The molecule has 0 radical (unpaired) electrons. The predicted octanol–water partition coefficient (Wildman–Crippen LogP) is 1.64. The average Bonchev–Trinajstić information content (AvgIpc) is 2.84. The van der Waals surface area contributed by atoms with E-state index in [1.807, 2.05) is 30.3 Å². The first kappa shape index (κ1) is 11.0. The third-order valence-corrected chi connectivity index (χ3v) is 3.37. The van der Waals surface area contributed by atoms with Crippen LogP contribution in [0.3, 0.4) is 0 Å². The minimum absolute atomic E-state index is 0.212. The van der Waals surface area contributed by atoms with Gasteiger partial charge in [0.15, 0.2) is 0 Å². The Morgan fingerprint density at radius 1 is 1.39 bits per heavy atom. The van der Waals surface area contributed by atoms with Gasteiger partial charge in [0.1, 0.15) is 5.82 Å². The fourth-order valence-corrected chi connectivity index (χ4v) is 2.41. The summed E-state index contributed by atoms with van der Waals surface area (Å²) in [6, 6.07) is 12.1. The summed E-state index contributed by atoms with van der Waals surface area (Å²) in [5.74, 6) is 0.859. The van der Waals surface area contributed by atoms with Crippen LogP contribution in [0.4, 0.5) is 5.82 Å². The molecule has 0 saturated carbocycles. The van der Waals surface area contributed by atoms with Gasteiger partial charge in [-0.3, -0.25) is 0 Å². The quantitative estimate of drug-likeness (QED) is 0.820. The molecule has 0 amide bonds. The number of aromatic nitrogens is 1. The molecule has 0 spiro atoms. The molecule has 1 aliphatic heterocycles. The fourth-order valence-electron chi connectivity index (χ4n) is 2.41. The van der Waals surface area contributed by atoms with Crippen molar-refractivity contribution in [2.75, 3.05) is 18.0 Å². The van der Waals surface area contributed by atoms with Crippen molar-refractivity contribution in [2.45, 2.75) is 12.5 Å². The second kappa shape index (κ2) is 4.28. The smallest absolute Gasteiger partial charge is 0.130 e. The summed E-state index contributed by atoms with van der Waals surface area (Å²) in [4.78, 5) is 6.77. The normalized spacial score (nSPS) is 19.1. The number of pyridine rings is 1. The molecule has 1 fully saturated rings. The van der Waals surface area contributed by atoms with Gasteiger partial charge in [-0.05, 0) is 18.6 Å². The zero-order chi connectivity index (χ0) is 12.5. The van der Waals surface area contributed by atoms with Crippen LogP contribution in [-0.4, -0.2) is 24.1 Å². The summed E-state index contributed by atoms with van der Waals surface area (Å²) in [6.07, 6.45) is 0.983. The fraction of sp³-hybridized carbons (Fsp3) is 0.286. The molecule has 3 rings (SSSR count). The minimum Gasteiger partial charge on any atom is -0.355 e. The van der Waals surface area contributed by atoms with Crippen LogP contribution in [0.2, 0.25) is 0 Å². The first-order valence-electron chi connectivity index (χ1n) is 6.08. The lowest BCUT2D eigenvalue weighted by Crippen LogP contribution is -2.26. The molecule has 4 heteroatoms. The number of para-hydroxylation sites is 1. The second-order valence-electron chi connectivity index (χ2n) is 4.65. The Labute approximate surface area is 106 Å². The molecule has 4 nitrogen and oxygen atoms in total. The maximum atomic E-state index is 9.23. The Hall–Kier alpha value is -2.12. The van der Waals surface area contributed by atoms with Crippen LogP contribution < -0.4 is 10.6 Å². The van der Waals surface area contributed by atoms with E-state index in [1.54, 1.807) is 0 Å². The van der Waals surface area contributed by atoms with Crippen molar-refractivity contribution < 1.29 is 0 Å². The third-order valence-electron chi connectivity index (χ3n) is 3.37. The highest BCUT2D eigenvalue weighted by Gasteiger charge is 2.21. The Kier molecular flexibility index (Phi) is 2.62. The molecule has 0 bridgehead atoms. The van der Waals surface area contributed by atoms with Crippen LogP contribution >= 0.6 is 0 Å². The number of benzene rings is 1. The maximum absolute atomic E-state index is 9.23. The van der Waals surface area contributed by atoms with E-state index in [0.29, 0.717) is 5.56 Å². The summed E-state index contributed by atoms with van der Waals surface area (Å²) >= 11 is 0. The van der Waals surface area contributed by atoms with E-state index in [9.17, 15) is 5.26 Å². The highest BCUT2D eigenvalue weighted by atomic mass is 15.2. The van der Waals surface area contributed by atoms with Crippen LogP contribution in [0.25, 0.3) is 10.9 Å². The number of hydrogen-bond acceptors (Lipinski definition) is 4. The van der Waals surface area contributed by atoms with Crippen molar-refractivity contribution in [3.05, 3.63) is 35.9 Å². The molecular weight excluding hydrogens is 224 g/mol. The van der Waals surface area contributed by atoms with Gasteiger partial charge in [-0.2, -0.15) is 5.26 Å². The Bertz CT molecular complexity index is 629. The van der Waals surface area contributed by atoms with Crippen LogP contribution in [0.15, 0.2) is 30.3 Å². The topological polar surface area (TPSA) is 65.9 Å². The largest absolute Gasteiger partial charge is 0.355 e. The molecule has 1 saturated heterocycles. The van der Waals surface area contributed by atoms with Gasteiger partial charge >= 0.3 is 0 Å². The first-order valence-corrected chi connectivity index (χ1v) is 6.08. The number of nitriles is 1. The molecule has 1 aromatic carbocycles. The highest BCUT2D eigenvalue weighted by molar-refractivity contribution is 5.86. The van der Waals surface area contributed by atoms with Crippen molar-refractivity contribution in [3.63, 3.8) is 0 Å². The van der Waals surface area contributed by atoms with E-state index < -0.39 is 0 Å². The Morgan fingerprint density at radius 3 is 2.94 bits per heavy atom. The number of nitrogens with zero attached hydrogens (tertiary/aromatic N) is 3. The van der Waals surface area contributed by atoms with E-state index in [4.69, 9.17) is 5.73 Å². The lowest BCUT2D eigenvalue weighted by molar-refractivity contribution is 0.751. The molecule has 18 heavy (non-hydrogen) atoms. The van der Waals surface area contributed by atoms with Crippen LogP contribution in [0, 0.1) is 11.3 Å². The average molecular weight is 238 g/mol. The van der Waals surface area contributed by atoms with Crippen LogP contribution in [-0.2, 0) is 0 Å². The Morgan fingerprint density at radius 2 is 2.22 bits per heavy atom. The number of rotatable bonds is 1. The van der Waals surface area contributed by atoms with Gasteiger partial charge in [-0.15, -0.1) is 0 Å². The minimum atomic E-state index is 0.212. The van der Waals surface area contributed by atoms with E-state index in [0.717, 1.165) is 36.2 Å². The van der Waals surface area contributed by atoms with Crippen molar-refractivity contribution in [3.8, 4) is 6.07 Å². The summed E-state index contributed by atoms with van der Waals surface area (Å²) in [5, 5.41) is 10.1. The van der Waals surface area contributed by atoms with E-state index in [2.05, 4.69) is 16.0 Å². The van der Waals surface area contributed by atoms with Crippen molar-refractivity contribution in [1.82, 2.24) is 4.98 Å². The molecule has 1 unspecified atom stereocenters. The molecule has 2 heterocycles. The van der Waals surface area contributed by atoms with Gasteiger partial charge in [0.05, 0.1) is 17.1 Å². The first-order chi connectivity index (χ1) is 8.78. The molecule has 2 N–H and O–H groups in total. The molecule has 1 atom stereocenters. The van der Waals surface area contributed by atoms with Gasteiger partial charge in [-0.1, -0.05) is 18.2 Å². The second-order valence-corrected chi connectivity index (χ2v) is 4.65. The molecular formula is C14H14N4. The molecule has 1 aliphatic rings. The lowest BCUT2D eigenvalue weighted by Gasteiger charge is -2.17. The number of hydrogen-bond donors (Lipinski definition) is 1. The van der Waals surface area contributed by atoms with Gasteiger partial charge in [0.25, 0.3) is 0 Å². The van der Waals surface area contributed by atoms with Crippen molar-refractivity contribution in [1.29, 1.82) is 5.26 Å². The third kappa shape index (κ3) is 1.79. The number of nitrogens with two attached hydrogens (primary N) is 1. The van der Waals surface area contributed by atoms with Gasteiger partial charge in [-0.25, -0.2) is 4.98 Å². The zero-order valence-electron chi connectivity index (χ0n) is 10.0. The number of fused-ring (bicyclic) bond motifs is 1. The summed E-state index contributed by atoms with van der Waals surface area (Å²) in [6.45, 7) is 1.73. The van der Waals surface area contributed by atoms with Gasteiger partial charge in [0.2, 0.25) is 0 Å². The molecule has 90 valence electrons. The SMILES string of the molecule is N#Cc1cc(N2CCC(N)C2)nc2ccccc12. The monoisotopic (exact) mass is 238 g/mol. The standard InChI is InChI=1S/C14H14N4/c15-8-10-7-14(18-6-5-11(16)9-18)17-13-4-2-1-3-12(10)13/h1-4,7,11H,5-6,9,16H2. The summed E-state index contributed by atoms with van der Waals surface area (Å²) < 4.78 is 0. The molecule has 1 aromatic heterocycles. The maximum Gasteiger partial charge on any atom is 0.130 e. The molecule has 0 aliphatic carbocycles. The van der Waals surface area contributed by atoms with E-state index in [-0.39, 0.29) is 6.04 Å². The summed E-state index contributed by atoms with van der Waals surface area (Å²) in [5.41, 5.74) is 7.46. The zero-order valence-corrected chi connectivity index (χ0v) is 10.0. The molecule has 2 aromatic rings. The lowest BCUT2D eigenvalue weighted by atomic mass is 10.1. The van der Waals surface area contributed by atoms with Crippen LogP contribution in [0.1, 0.15) is 12.0 Å². The predicted molar refractivity (Wildman–Crippen MR) is 71.3 cm³/mol. The van der Waals surface area contributed by atoms with Crippen LogP contribution in [0.5, 0.6) is 0 Å². The highest BCUT2D eigenvalue weighted by Crippen LogP contribution is 2.24. The Balaban J connectivity index is 2.11. The van der Waals surface area contributed by atoms with E-state index >= 15 is 0 Å².